The summed E-state index contributed by atoms with van der Waals surface area (Å²) in [5.41, 5.74) is 9.43. The molecule has 2 aliphatic heterocycles. The molecule has 0 fully saturated rings. The maximum absolute atomic E-state index is 14.9. The van der Waals surface area contributed by atoms with Crippen LogP contribution in [0.3, 0.4) is 0 Å². The smallest absolute Gasteiger partial charge is 0.261 e. The first-order valence-corrected chi connectivity index (χ1v) is 21.5. The topological polar surface area (TPSA) is 65.6 Å². The lowest BCUT2D eigenvalue weighted by atomic mass is 10.0. The highest BCUT2D eigenvalue weighted by Gasteiger charge is 2.48. The van der Waals surface area contributed by atoms with Crippen molar-refractivity contribution in [1.29, 1.82) is 0 Å². The van der Waals surface area contributed by atoms with Gasteiger partial charge < -0.3 is 29.1 Å². The first-order chi connectivity index (χ1) is 31.6. The zero-order valence-corrected chi connectivity index (χ0v) is 35.7. The molecule has 0 spiro atoms. The SMILES string of the molecule is COCCN1C(=O)C2=C(c3ccc(N(c4ccccc4)c4cccc5ccccc45)cc3)N(CCOC)C(=O)C2=C1c1ccc(N(c2ccccc2)c2cccc3ccccc23)cc1. The zero-order valence-electron chi connectivity index (χ0n) is 35.7. The van der Waals surface area contributed by atoms with E-state index in [1.807, 2.05) is 60.7 Å². The highest BCUT2D eigenvalue weighted by Crippen LogP contribution is 2.48. The van der Waals surface area contributed by atoms with Crippen LogP contribution >= 0.6 is 0 Å². The van der Waals surface area contributed by atoms with Gasteiger partial charge in [0.2, 0.25) is 0 Å². The molecule has 0 unspecified atom stereocenters. The fourth-order valence-corrected chi connectivity index (χ4v) is 9.14. The number of para-hydroxylation sites is 2. The number of carbonyl (C=O) groups is 2. The lowest BCUT2D eigenvalue weighted by molar-refractivity contribution is -0.124. The minimum atomic E-state index is -0.234. The third kappa shape index (κ3) is 7.18. The van der Waals surface area contributed by atoms with E-state index in [2.05, 4.69) is 143 Å². The van der Waals surface area contributed by atoms with Crippen LogP contribution in [0.25, 0.3) is 32.9 Å². The number of carbonyl (C=O) groups excluding carboxylic acids is 2. The van der Waals surface area contributed by atoms with Gasteiger partial charge >= 0.3 is 0 Å². The summed E-state index contributed by atoms with van der Waals surface area (Å²) < 4.78 is 11.1. The van der Waals surface area contributed by atoms with Crippen molar-refractivity contribution >= 4 is 78.9 Å². The van der Waals surface area contributed by atoms with Gasteiger partial charge in [-0.2, -0.15) is 0 Å². The zero-order chi connectivity index (χ0) is 43.6. The minimum Gasteiger partial charge on any atom is -0.383 e. The average Bonchev–Trinajstić information content (AvgIpc) is 3.80. The van der Waals surface area contributed by atoms with Crippen molar-refractivity contribution in [3.8, 4) is 0 Å². The van der Waals surface area contributed by atoms with Crippen LogP contribution in [0, 0.1) is 0 Å². The highest BCUT2D eigenvalue weighted by molar-refractivity contribution is 6.30. The van der Waals surface area contributed by atoms with Gasteiger partial charge in [0.05, 0.1) is 47.1 Å². The van der Waals surface area contributed by atoms with Crippen LogP contribution in [0.15, 0.2) is 205 Å². The molecular weight excluding hydrogens is 793 g/mol. The molecule has 0 aliphatic carbocycles. The maximum atomic E-state index is 14.9. The average molecular weight is 839 g/mol. The number of rotatable bonds is 14. The number of benzene rings is 8. The van der Waals surface area contributed by atoms with Crippen LogP contribution in [0.5, 0.6) is 0 Å². The van der Waals surface area contributed by atoms with Gasteiger partial charge in [0, 0.05) is 60.8 Å². The Morgan fingerprint density at radius 1 is 0.391 bits per heavy atom. The summed E-state index contributed by atoms with van der Waals surface area (Å²) in [7, 11) is 3.24. The van der Waals surface area contributed by atoms with Gasteiger partial charge in [-0.3, -0.25) is 9.59 Å². The molecule has 2 aliphatic rings. The number of anilines is 6. The van der Waals surface area contributed by atoms with Crippen LogP contribution in [0.1, 0.15) is 11.1 Å². The van der Waals surface area contributed by atoms with E-state index in [0.29, 0.717) is 35.8 Å². The molecule has 2 heterocycles. The Kier molecular flexibility index (Phi) is 11.0. The number of methoxy groups -OCH3 is 2. The maximum Gasteiger partial charge on any atom is 0.261 e. The van der Waals surface area contributed by atoms with Gasteiger partial charge in [-0.1, -0.05) is 133 Å². The molecule has 0 N–H and O–H groups in total. The quantitative estimate of drug-likeness (QED) is 0.109. The van der Waals surface area contributed by atoms with Gasteiger partial charge in [0.25, 0.3) is 11.8 Å². The summed E-state index contributed by atoms with van der Waals surface area (Å²) in [6.07, 6.45) is 0. The predicted molar refractivity (Wildman–Crippen MR) is 258 cm³/mol. The molecule has 0 aromatic heterocycles. The first-order valence-electron chi connectivity index (χ1n) is 21.5. The van der Waals surface area contributed by atoms with E-state index in [1.165, 1.54) is 0 Å². The molecule has 10 rings (SSSR count). The van der Waals surface area contributed by atoms with Crippen molar-refractivity contribution < 1.29 is 19.1 Å². The monoisotopic (exact) mass is 838 g/mol. The van der Waals surface area contributed by atoms with Crippen molar-refractivity contribution in [2.24, 2.45) is 0 Å². The van der Waals surface area contributed by atoms with E-state index in [0.717, 1.165) is 66.8 Å². The fourth-order valence-electron chi connectivity index (χ4n) is 9.14. The molecule has 0 bridgehead atoms. The molecule has 8 heteroatoms. The standard InChI is InChI=1S/C56H46N4O4/c1-63-37-35-57-53(41-27-31-45(32-28-41)59(43-19-5-3-6-20-43)49-25-13-17-39-15-9-11-23-47(39)49)51-52(55(57)61)54(58(56(51)62)36-38-64-2)42-29-33-46(34-30-42)60(44-21-7-4-8-22-44)50-26-14-18-40-16-10-12-24-48(40)50/h3-34H,35-38H2,1-2H3. The molecule has 8 aromatic carbocycles. The molecular formula is C56H46N4O4. The van der Waals surface area contributed by atoms with E-state index in [-0.39, 0.29) is 24.9 Å². The molecule has 2 amide bonds. The number of amides is 2. The van der Waals surface area contributed by atoms with Gasteiger partial charge in [-0.05, 0) is 82.6 Å². The van der Waals surface area contributed by atoms with Crippen LogP contribution < -0.4 is 9.80 Å². The Hall–Kier alpha value is -7.78. The largest absolute Gasteiger partial charge is 0.383 e. The molecule has 0 saturated heterocycles. The summed E-state index contributed by atoms with van der Waals surface area (Å²) in [6, 6.07) is 66.3. The lowest BCUT2D eigenvalue weighted by Crippen LogP contribution is -2.33. The van der Waals surface area contributed by atoms with Gasteiger partial charge in [-0.15, -0.1) is 0 Å². The molecule has 0 radical (unpaired) electrons. The summed E-state index contributed by atoms with van der Waals surface area (Å²) in [5.74, 6) is -0.469. The Labute approximate surface area is 373 Å². The van der Waals surface area contributed by atoms with Crippen LogP contribution in [0.2, 0.25) is 0 Å². The summed E-state index contributed by atoms with van der Waals surface area (Å²) in [5, 5.41) is 4.53. The van der Waals surface area contributed by atoms with Crippen LogP contribution in [0.4, 0.5) is 34.1 Å². The first kappa shape index (κ1) is 40.3. The minimum absolute atomic E-state index is 0.234. The van der Waals surface area contributed by atoms with Crippen molar-refractivity contribution in [2.75, 3.05) is 50.3 Å². The number of hydrogen-bond acceptors (Lipinski definition) is 6. The Bertz CT molecular complexity index is 2850. The van der Waals surface area contributed by atoms with Crippen LogP contribution in [-0.4, -0.2) is 62.1 Å². The summed E-state index contributed by atoms with van der Waals surface area (Å²) in [4.78, 5) is 37.7. The van der Waals surface area contributed by atoms with Crippen molar-refractivity contribution in [3.63, 3.8) is 0 Å². The third-order valence-electron chi connectivity index (χ3n) is 12.1. The number of ether oxygens (including phenoxy) is 2. The third-order valence-corrected chi connectivity index (χ3v) is 12.1. The van der Waals surface area contributed by atoms with E-state index in [4.69, 9.17) is 9.47 Å². The summed E-state index contributed by atoms with van der Waals surface area (Å²) in [6.45, 7) is 1.15. The van der Waals surface area contributed by atoms with E-state index in [1.54, 1.807) is 24.0 Å². The normalized spacial score (nSPS) is 13.7. The van der Waals surface area contributed by atoms with E-state index < -0.39 is 0 Å². The van der Waals surface area contributed by atoms with Crippen molar-refractivity contribution in [2.45, 2.75) is 0 Å². The molecule has 8 nitrogen and oxygen atoms in total. The van der Waals surface area contributed by atoms with Gasteiger partial charge in [-0.25, -0.2) is 0 Å². The molecule has 64 heavy (non-hydrogen) atoms. The van der Waals surface area contributed by atoms with E-state index >= 15 is 0 Å². The number of nitrogens with zero attached hydrogens (tertiary/aromatic N) is 4. The molecule has 8 aromatic rings. The molecule has 314 valence electrons. The second-order valence-electron chi connectivity index (χ2n) is 15.8. The lowest BCUT2D eigenvalue weighted by Gasteiger charge is -2.28. The summed E-state index contributed by atoms with van der Waals surface area (Å²) >= 11 is 0. The Morgan fingerprint density at radius 2 is 0.734 bits per heavy atom. The Morgan fingerprint density at radius 3 is 1.12 bits per heavy atom. The highest BCUT2D eigenvalue weighted by atomic mass is 16.5. The fraction of sp³-hybridized carbons (Fsp3) is 0.107. The molecule has 0 atom stereocenters. The van der Waals surface area contributed by atoms with Crippen molar-refractivity contribution in [3.05, 3.63) is 216 Å². The Balaban J connectivity index is 1.09. The van der Waals surface area contributed by atoms with E-state index in [9.17, 15) is 9.59 Å². The second kappa shape index (κ2) is 17.5. The predicted octanol–water partition coefficient (Wildman–Crippen LogP) is 12.0. The molecule has 0 saturated carbocycles. The number of fused-ring (bicyclic) bond motifs is 3. The van der Waals surface area contributed by atoms with Gasteiger partial charge in [0.15, 0.2) is 0 Å². The van der Waals surface area contributed by atoms with Crippen molar-refractivity contribution in [1.82, 2.24) is 9.80 Å². The second-order valence-corrected chi connectivity index (χ2v) is 15.8. The van der Waals surface area contributed by atoms with Gasteiger partial charge in [0.1, 0.15) is 0 Å². The van der Waals surface area contributed by atoms with Crippen LogP contribution in [-0.2, 0) is 19.1 Å². The number of hydrogen-bond donors (Lipinski definition) is 0.